The van der Waals surface area contributed by atoms with E-state index in [2.05, 4.69) is 0 Å². The SMILES string of the molecule is O=C(O)CN(CCCl)CCCCl.O=[N+]([O-])c1cc([N+](=O)[O-])c(S(=O)(=O)O)c([N+](=O)[O-])c1. The number of carboxylic acid groups (broad SMARTS) is 1. The van der Waals surface area contributed by atoms with Gasteiger partial charge in [0.25, 0.3) is 5.69 Å². The lowest BCUT2D eigenvalue weighted by molar-refractivity contribution is -0.407. The molecule has 0 radical (unpaired) electrons. The fourth-order valence-electron chi connectivity index (χ4n) is 2.09. The van der Waals surface area contributed by atoms with Gasteiger partial charge in [0.2, 0.25) is 4.90 Å². The maximum Gasteiger partial charge on any atom is 0.317 e. The highest BCUT2D eigenvalue weighted by atomic mass is 35.5. The number of nitrogens with zero attached hydrogens (tertiary/aromatic N) is 4. The van der Waals surface area contributed by atoms with Gasteiger partial charge in [-0.15, -0.1) is 23.2 Å². The molecule has 0 aliphatic rings. The van der Waals surface area contributed by atoms with E-state index in [0.29, 0.717) is 24.8 Å². The highest BCUT2D eigenvalue weighted by molar-refractivity contribution is 7.86. The molecule has 0 amide bonds. The monoisotopic (exact) mass is 506 g/mol. The van der Waals surface area contributed by atoms with Crippen LogP contribution in [0.5, 0.6) is 0 Å². The van der Waals surface area contributed by atoms with Crippen LogP contribution < -0.4 is 0 Å². The Balaban J connectivity index is 0.000000649. The predicted octanol–water partition coefficient (Wildman–Crippen LogP) is 1.90. The van der Waals surface area contributed by atoms with Crippen LogP contribution in [0.15, 0.2) is 17.0 Å². The van der Waals surface area contributed by atoms with Crippen LogP contribution in [0.25, 0.3) is 0 Å². The van der Waals surface area contributed by atoms with Gasteiger partial charge in [-0.05, 0) is 13.0 Å². The van der Waals surface area contributed by atoms with Gasteiger partial charge in [-0.1, -0.05) is 0 Å². The van der Waals surface area contributed by atoms with E-state index in [1.807, 2.05) is 0 Å². The molecule has 0 aliphatic carbocycles. The maximum absolute atomic E-state index is 10.9. The van der Waals surface area contributed by atoms with Gasteiger partial charge in [-0.3, -0.25) is 44.6 Å². The van der Waals surface area contributed by atoms with E-state index in [0.717, 1.165) is 6.42 Å². The number of aliphatic carboxylic acids is 1. The Kier molecular flexibility index (Phi) is 11.8. The second-order valence-electron chi connectivity index (χ2n) is 5.46. The zero-order valence-electron chi connectivity index (χ0n) is 15.4. The first-order valence-electron chi connectivity index (χ1n) is 7.91. The number of non-ortho nitro benzene ring substituents is 1. The molecular formula is C13H16Cl2N4O11S. The fraction of sp³-hybridized carbons (Fsp3) is 0.462. The van der Waals surface area contributed by atoms with E-state index >= 15 is 0 Å². The number of hydrogen-bond donors (Lipinski definition) is 2. The summed E-state index contributed by atoms with van der Waals surface area (Å²) in [5, 5.41) is 40.2. The Bertz CT molecular complexity index is 906. The first-order valence-corrected chi connectivity index (χ1v) is 10.4. The van der Waals surface area contributed by atoms with Crippen LogP contribution in [0.2, 0.25) is 0 Å². The molecule has 31 heavy (non-hydrogen) atoms. The van der Waals surface area contributed by atoms with Crippen molar-refractivity contribution in [3.05, 3.63) is 42.5 Å². The summed E-state index contributed by atoms with van der Waals surface area (Å²) in [5.41, 5.74) is -3.96. The summed E-state index contributed by atoms with van der Waals surface area (Å²) in [6.45, 7) is 1.34. The van der Waals surface area contributed by atoms with Crippen LogP contribution in [0.3, 0.4) is 0 Å². The minimum absolute atomic E-state index is 0.0452. The van der Waals surface area contributed by atoms with E-state index < -0.39 is 52.8 Å². The third-order valence-corrected chi connectivity index (χ3v) is 4.63. The van der Waals surface area contributed by atoms with E-state index in [4.69, 9.17) is 32.9 Å². The standard InChI is InChI=1S/C7H13Cl2NO2.C6H3N3O9S/c8-2-1-4-10(5-3-9)6-7(11)12;10-7(11)3-1-4(8(12)13)6(19(16,17)18)5(2-3)9(14)15/h1-6H2,(H,11,12);1-2H,(H,16,17,18). The molecule has 15 nitrogen and oxygen atoms in total. The number of nitro benzene ring substituents is 3. The first-order chi connectivity index (χ1) is 14.3. The Morgan fingerprint density at radius 3 is 1.74 bits per heavy atom. The Morgan fingerprint density at radius 2 is 1.45 bits per heavy atom. The van der Waals surface area contributed by atoms with Crippen LogP contribution >= 0.6 is 23.2 Å². The third kappa shape index (κ3) is 9.79. The van der Waals surface area contributed by atoms with Gasteiger partial charge in [-0.2, -0.15) is 8.42 Å². The highest BCUT2D eigenvalue weighted by Crippen LogP contribution is 2.36. The van der Waals surface area contributed by atoms with Crippen molar-refractivity contribution in [2.75, 3.05) is 31.4 Å². The van der Waals surface area contributed by atoms with Crippen LogP contribution in [0, 0.1) is 30.3 Å². The minimum Gasteiger partial charge on any atom is -0.480 e. The van der Waals surface area contributed by atoms with E-state index in [-0.39, 0.29) is 18.7 Å². The zero-order valence-corrected chi connectivity index (χ0v) is 17.7. The molecule has 2 N–H and O–H groups in total. The van der Waals surface area contributed by atoms with Crippen molar-refractivity contribution >= 4 is 56.4 Å². The molecule has 0 aromatic heterocycles. The molecule has 0 heterocycles. The van der Waals surface area contributed by atoms with E-state index in [1.165, 1.54) is 0 Å². The average Bonchev–Trinajstić information content (AvgIpc) is 2.64. The molecule has 0 aliphatic heterocycles. The van der Waals surface area contributed by atoms with Crippen molar-refractivity contribution in [3.63, 3.8) is 0 Å². The molecule has 18 heteroatoms. The van der Waals surface area contributed by atoms with Crippen LogP contribution in [0.4, 0.5) is 17.1 Å². The molecular weight excluding hydrogens is 491 g/mol. The second kappa shape index (κ2) is 12.9. The van der Waals surface area contributed by atoms with E-state index in [1.54, 1.807) is 4.90 Å². The van der Waals surface area contributed by atoms with Gasteiger partial charge in [0, 0.05) is 18.3 Å². The van der Waals surface area contributed by atoms with Crippen LogP contribution in [-0.4, -0.2) is 75.1 Å². The molecule has 1 rings (SSSR count). The van der Waals surface area contributed by atoms with Gasteiger partial charge in [0.15, 0.2) is 0 Å². The Morgan fingerprint density at radius 1 is 0.968 bits per heavy atom. The number of rotatable bonds is 11. The van der Waals surface area contributed by atoms with Crippen molar-refractivity contribution in [2.24, 2.45) is 0 Å². The van der Waals surface area contributed by atoms with Crippen molar-refractivity contribution in [3.8, 4) is 0 Å². The number of alkyl halides is 2. The number of carboxylic acids is 1. The number of nitro groups is 3. The highest BCUT2D eigenvalue weighted by Gasteiger charge is 2.37. The summed E-state index contributed by atoms with van der Waals surface area (Å²) in [6.07, 6.45) is 0.797. The van der Waals surface area contributed by atoms with Gasteiger partial charge in [-0.25, -0.2) is 0 Å². The topological polar surface area (TPSA) is 224 Å². The van der Waals surface area contributed by atoms with Crippen molar-refractivity contribution in [1.82, 2.24) is 4.90 Å². The van der Waals surface area contributed by atoms with Gasteiger partial charge in [0.05, 0.1) is 33.4 Å². The average molecular weight is 507 g/mol. The molecule has 1 aromatic rings. The molecule has 174 valence electrons. The number of halogens is 2. The van der Waals surface area contributed by atoms with Gasteiger partial charge in [0.1, 0.15) is 0 Å². The number of hydrogen-bond acceptors (Lipinski definition) is 10. The van der Waals surface area contributed by atoms with Crippen LogP contribution in [-0.2, 0) is 14.9 Å². The number of carbonyl (C=O) groups is 1. The van der Waals surface area contributed by atoms with Gasteiger partial charge < -0.3 is 5.11 Å². The summed E-state index contributed by atoms with van der Waals surface area (Å²) < 4.78 is 30.7. The second-order valence-corrected chi connectivity index (χ2v) is 7.58. The molecule has 0 fully saturated rings. The molecule has 0 saturated carbocycles. The van der Waals surface area contributed by atoms with Crippen molar-refractivity contribution in [2.45, 2.75) is 11.3 Å². The first kappa shape index (κ1) is 28.3. The van der Waals surface area contributed by atoms with Gasteiger partial charge >= 0.3 is 27.5 Å². The molecule has 1 aromatic carbocycles. The largest absolute Gasteiger partial charge is 0.480 e. The maximum atomic E-state index is 10.9. The quantitative estimate of drug-likeness (QED) is 0.190. The predicted molar refractivity (Wildman–Crippen MR) is 106 cm³/mol. The number of benzene rings is 1. The lowest BCUT2D eigenvalue weighted by Gasteiger charge is -2.17. The summed E-state index contributed by atoms with van der Waals surface area (Å²) in [4.78, 5) is 38.2. The zero-order chi connectivity index (χ0) is 24.4. The Hall–Kier alpha value is -2.66. The van der Waals surface area contributed by atoms with E-state index in [9.17, 15) is 43.6 Å². The summed E-state index contributed by atoms with van der Waals surface area (Å²) >= 11 is 11.0. The normalized spacial score (nSPS) is 10.8. The fourth-order valence-corrected chi connectivity index (χ4v) is 3.24. The van der Waals surface area contributed by atoms with Crippen molar-refractivity contribution in [1.29, 1.82) is 0 Å². The van der Waals surface area contributed by atoms with Crippen LogP contribution in [0.1, 0.15) is 6.42 Å². The third-order valence-electron chi connectivity index (χ3n) is 3.26. The molecule has 0 saturated heterocycles. The molecule has 0 bridgehead atoms. The molecule has 0 spiro atoms. The smallest absolute Gasteiger partial charge is 0.317 e. The lowest BCUT2D eigenvalue weighted by atomic mass is 10.2. The summed E-state index contributed by atoms with van der Waals surface area (Å²) in [5.74, 6) is 0.184. The minimum atomic E-state index is -5.30. The molecule has 0 atom stereocenters. The lowest BCUT2D eigenvalue weighted by Crippen LogP contribution is -2.32. The Labute approximate surface area is 184 Å². The van der Waals surface area contributed by atoms with Crippen molar-refractivity contribution < 1.29 is 37.6 Å². The summed E-state index contributed by atoms with van der Waals surface area (Å²) in [7, 11) is -5.30. The summed E-state index contributed by atoms with van der Waals surface area (Å²) in [6, 6.07) is 0.409. The molecule has 0 unspecified atom stereocenters.